The van der Waals surface area contributed by atoms with E-state index in [0.717, 1.165) is 0 Å². The third-order valence-electron chi connectivity index (χ3n) is 3.69. The normalized spacial score (nSPS) is 10.2. The summed E-state index contributed by atoms with van der Waals surface area (Å²) in [5.41, 5.74) is 1.79. The maximum Gasteiger partial charge on any atom is 0.265 e. The summed E-state index contributed by atoms with van der Waals surface area (Å²) in [6.07, 6.45) is 0. The summed E-state index contributed by atoms with van der Waals surface area (Å²) in [5, 5.41) is 7.34. The highest BCUT2D eigenvalue weighted by atomic mass is 32.1. The van der Waals surface area contributed by atoms with Crippen LogP contribution in [0, 0.1) is 0 Å². The number of carbonyl (C=O) groups is 3. The van der Waals surface area contributed by atoms with Gasteiger partial charge in [0.2, 0.25) is 0 Å². The fourth-order valence-corrected chi connectivity index (χ4v) is 3.02. The highest BCUT2D eigenvalue weighted by Crippen LogP contribution is 2.20. The van der Waals surface area contributed by atoms with E-state index in [0.29, 0.717) is 27.4 Å². The number of amides is 2. The quantitative estimate of drug-likeness (QED) is 0.657. The monoisotopic (exact) mass is 364 g/mol. The number of hydrogen-bond acceptors (Lipinski definition) is 4. The van der Waals surface area contributed by atoms with Crippen molar-refractivity contribution in [2.75, 3.05) is 10.6 Å². The third kappa shape index (κ3) is 4.04. The Kier molecular flexibility index (Phi) is 5.24. The van der Waals surface area contributed by atoms with Gasteiger partial charge in [0.1, 0.15) is 0 Å². The zero-order chi connectivity index (χ0) is 18.5. The van der Waals surface area contributed by atoms with Crippen LogP contribution < -0.4 is 10.6 Å². The van der Waals surface area contributed by atoms with Gasteiger partial charge in [-0.3, -0.25) is 14.4 Å². The zero-order valence-corrected chi connectivity index (χ0v) is 14.8. The van der Waals surface area contributed by atoms with Gasteiger partial charge in [0.05, 0.1) is 16.1 Å². The van der Waals surface area contributed by atoms with Crippen molar-refractivity contribution in [1.82, 2.24) is 0 Å². The molecule has 26 heavy (non-hydrogen) atoms. The molecule has 3 aromatic rings. The Bertz CT molecular complexity index is 965. The van der Waals surface area contributed by atoms with Gasteiger partial charge >= 0.3 is 0 Å². The third-order valence-corrected chi connectivity index (χ3v) is 4.56. The predicted octanol–water partition coefficient (Wildman–Crippen LogP) is 4.46. The maximum atomic E-state index is 12.6. The first-order chi connectivity index (χ1) is 12.5. The minimum atomic E-state index is -0.368. The number of anilines is 2. The molecule has 0 saturated carbocycles. The van der Waals surface area contributed by atoms with Crippen molar-refractivity contribution in [2.24, 2.45) is 0 Å². The van der Waals surface area contributed by atoms with Crippen LogP contribution in [0.4, 0.5) is 11.4 Å². The van der Waals surface area contributed by atoms with Gasteiger partial charge in [0.15, 0.2) is 5.78 Å². The fraction of sp³-hybridized carbons (Fsp3) is 0.0500. The number of nitrogens with one attached hydrogen (secondary N) is 2. The molecule has 0 radical (unpaired) electrons. The summed E-state index contributed by atoms with van der Waals surface area (Å²) in [4.78, 5) is 36.9. The van der Waals surface area contributed by atoms with Crippen molar-refractivity contribution in [3.8, 4) is 0 Å². The first-order valence-corrected chi connectivity index (χ1v) is 8.79. The molecule has 2 amide bonds. The molecule has 0 saturated heterocycles. The molecular formula is C20H16N2O3S. The number of rotatable bonds is 5. The van der Waals surface area contributed by atoms with Crippen LogP contribution in [0.15, 0.2) is 66.0 Å². The van der Waals surface area contributed by atoms with Crippen LogP contribution in [-0.4, -0.2) is 17.6 Å². The summed E-state index contributed by atoms with van der Waals surface area (Å²) in [5.74, 6) is -0.712. The van der Waals surface area contributed by atoms with Gasteiger partial charge in [0, 0.05) is 11.3 Å². The van der Waals surface area contributed by atoms with Crippen LogP contribution in [-0.2, 0) is 0 Å². The smallest absolute Gasteiger partial charge is 0.265 e. The molecule has 3 rings (SSSR count). The summed E-state index contributed by atoms with van der Waals surface area (Å²) in [7, 11) is 0. The molecular weight excluding hydrogens is 348 g/mol. The highest BCUT2D eigenvalue weighted by Gasteiger charge is 2.15. The van der Waals surface area contributed by atoms with Gasteiger partial charge in [-0.15, -0.1) is 11.3 Å². The molecule has 2 aromatic carbocycles. The first kappa shape index (κ1) is 17.6. The maximum absolute atomic E-state index is 12.6. The molecule has 0 fully saturated rings. The topological polar surface area (TPSA) is 75.3 Å². The van der Waals surface area contributed by atoms with Gasteiger partial charge in [0.25, 0.3) is 11.8 Å². The average Bonchev–Trinajstić information content (AvgIpc) is 3.17. The lowest BCUT2D eigenvalue weighted by atomic mass is 10.1. The molecule has 0 aliphatic rings. The van der Waals surface area contributed by atoms with Crippen molar-refractivity contribution in [1.29, 1.82) is 0 Å². The van der Waals surface area contributed by atoms with Crippen molar-refractivity contribution in [3.63, 3.8) is 0 Å². The Morgan fingerprint density at radius 3 is 2.38 bits per heavy atom. The van der Waals surface area contributed by atoms with E-state index in [2.05, 4.69) is 10.6 Å². The fourth-order valence-electron chi connectivity index (χ4n) is 2.40. The molecule has 0 unspecified atom stereocenters. The molecule has 6 heteroatoms. The van der Waals surface area contributed by atoms with E-state index in [-0.39, 0.29) is 17.6 Å². The molecule has 1 aromatic heterocycles. The minimum Gasteiger partial charge on any atom is -0.322 e. The van der Waals surface area contributed by atoms with E-state index < -0.39 is 0 Å². The Morgan fingerprint density at radius 2 is 1.65 bits per heavy atom. The lowest BCUT2D eigenvalue weighted by Gasteiger charge is -2.11. The Labute approximate surface area is 154 Å². The van der Waals surface area contributed by atoms with Crippen molar-refractivity contribution >= 4 is 40.3 Å². The summed E-state index contributed by atoms with van der Waals surface area (Å²) < 4.78 is 0. The van der Waals surface area contributed by atoms with Crippen LogP contribution >= 0.6 is 11.3 Å². The van der Waals surface area contributed by atoms with Gasteiger partial charge in [-0.25, -0.2) is 0 Å². The van der Waals surface area contributed by atoms with Gasteiger partial charge in [-0.1, -0.05) is 30.3 Å². The second-order valence-corrected chi connectivity index (χ2v) is 6.52. The average molecular weight is 364 g/mol. The van der Waals surface area contributed by atoms with E-state index in [1.807, 2.05) is 5.38 Å². The number of benzene rings is 2. The van der Waals surface area contributed by atoms with Gasteiger partial charge < -0.3 is 10.6 Å². The standard InChI is InChI=1S/C20H16N2O3S/c1-13(23)14-6-4-7-15(12-14)21-19(24)16-8-2-3-9-17(16)22-20(25)18-10-5-11-26-18/h2-12H,1H3,(H,21,24)(H,22,25). The van der Waals surface area contributed by atoms with E-state index in [9.17, 15) is 14.4 Å². The van der Waals surface area contributed by atoms with Crippen molar-refractivity contribution < 1.29 is 14.4 Å². The van der Waals surface area contributed by atoms with E-state index >= 15 is 0 Å². The highest BCUT2D eigenvalue weighted by molar-refractivity contribution is 7.12. The SMILES string of the molecule is CC(=O)c1cccc(NC(=O)c2ccccc2NC(=O)c2cccs2)c1. The number of carbonyl (C=O) groups excluding carboxylic acids is 3. The minimum absolute atomic E-state index is 0.0790. The van der Waals surface area contributed by atoms with Gasteiger partial charge in [-0.2, -0.15) is 0 Å². The van der Waals surface area contributed by atoms with Crippen LogP contribution in [0.2, 0.25) is 0 Å². The van der Waals surface area contributed by atoms with E-state index in [1.165, 1.54) is 18.3 Å². The molecule has 130 valence electrons. The van der Waals surface area contributed by atoms with E-state index in [1.54, 1.807) is 60.7 Å². The number of thiophene rings is 1. The second kappa shape index (κ2) is 7.76. The summed E-state index contributed by atoms with van der Waals surface area (Å²) in [6.45, 7) is 1.47. The molecule has 0 spiro atoms. The predicted molar refractivity (Wildman–Crippen MR) is 103 cm³/mol. The lowest BCUT2D eigenvalue weighted by Crippen LogP contribution is -2.17. The molecule has 0 atom stereocenters. The summed E-state index contributed by atoms with van der Waals surface area (Å²) in [6, 6.07) is 17.0. The van der Waals surface area contributed by atoms with Crippen LogP contribution in [0.25, 0.3) is 0 Å². The molecule has 0 aliphatic heterocycles. The first-order valence-electron chi connectivity index (χ1n) is 7.91. The zero-order valence-electron chi connectivity index (χ0n) is 14.0. The van der Waals surface area contributed by atoms with Crippen LogP contribution in [0.5, 0.6) is 0 Å². The Hall–Kier alpha value is -3.25. The Morgan fingerprint density at radius 1 is 0.846 bits per heavy atom. The van der Waals surface area contributed by atoms with Gasteiger partial charge in [-0.05, 0) is 42.6 Å². The number of para-hydroxylation sites is 1. The van der Waals surface area contributed by atoms with Crippen LogP contribution in [0.1, 0.15) is 37.3 Å². The second-order valence-electron chi connectivity index (χ2n) is 5.57. The van der Waals surface area contributed by atoms with Crippen LogP contribution in [0.3, 0.4) is 0 Å². The number of Topliss-reactive ketones (excluding diaryl/α,β-unsaturated/α-hetero) is 1. The van der Waals surface area contributed by atoms with Crippen molar-refractivity contribution in [3.05, 3.63) is 82.0 Å². The Balaban J connectivity index is 1.81. The number of hydrogen-bond donors (Lipinski definition) is 2. The molecule has 5 nitrogen and oxygen atoms in total. The largest absolute Gasteiger partial charge is 0.322 e. The molecule has 0 aliphatic carbocycles. The van der Waals surface area contributed by atoms with E-state index in [4.69, 9.17) is 0 Å². The molecule has 2 N–H and O–H groups in total. The summed E-state index contributed by atoms with van der Waals surface area (Å²) >= 11 is 1.33. The molecule has 1 heterocycles. The number of ketones is 1. The molecule has 0 bridgehead atoms. The lowest BCUT2D eigenvalue weighted by molar-refractivity contribution is 0.100. The van der Waals surface area contributed by atoms with Crippen molar-refractivity contribution in [2.45, 2.75) is 6.92 Å².